The van der Waals surface area contributed by atoms with Crippen molar-refractivity contribution in [2.45, 2.75) is 64.1 Å². The zero-order valence-corrected chi connectivity index (χ0v) is 16.0. The van der Waals surface area contributed by atoms with Gasteiger partial charge in [0.2, 0.25) is 0 Å². The lowest BCUT2D eigenvalue weighted by Gasteiger charge is -2.16. The van der Waals surface area contributed by atoms with E-state index in [0.29, 0.717) is 19.3 Å². The minimum atomic E-state index is -0.782. The van der Waals surface area contributed by atoms with Crippen molar-refractivity contribution in [3.63, 3.8) is 0 Å². The van der Waals surface area contributed by atoms with E-state index >= 15 is 0 Å². The number of aliphatic hydroxyl groups is 2. The third-order valence-electron chi connectivity index (χ3n) is 4.67. The first-order valence-corrected chi connectivity index (χ1v) is 9.69. The lowest BCUT2D eigenvalue weighted by Crippen LogP contribution is -2.18. The summed E-state index contributed by atoms with van der Waals surface area (Å²) in [6, 6.07) is 0. The number of Topliss-reactive ketones (excluding diaryl/α,β-unsaturated/α-hetero) is 1. The molecule has 1 saturated carbocycles. The number of carbonyl (C=O) groups is 2. The van der Waals surface area contributed by atoms with Crippen LogP contribution in [0.4, 0.5) is 0 Å². The van der Waals surface area contributed by atoms with E-state index in [1.54, 1.807) is 12.2 Å². The summed E-state index contributed by atoms with van der Waals surface area (Å²) < 4.78 is 0. The molecule has 0 aromatic heterocycles. The molecule has 0 spiro atoms. The highest BCUT2D eigenvalue weighted by Crippen LogP contribution is 2.32. The zero-order chi connectivity index (χ0) is 20.1. The molecule has 0 bridgehead atoms. The smallest absolute Gasteiger partial charge is 0.303 e. The first-order valence-electron chi connectivity index (χ1n) is 9.69. The van der Waals surface area contributed by atoms with Gasteiger partial charge in [-0.25, -0.2) is 0 Å². The average Bonchev–Trinajstić information content (AvgIpc) is 2.90. The summed E-state index contributed by atoms with van der Waals surface area (Å²) in [5, 5.41) is 28.5. The Kier molecular flexibility index (Phi) is 11.3. The number of rotatable bonds is 12. The van der Waals surface area contributed by atoms with Crippen LogP contribution in [0.2, 0.25) is 0 Å². The fourth-order valence-corrected chi connectivity index (χ4v) is 3.18. The number of carboxylic acids is 1. The molecule has 0 aromatic rings. The van der Waals surface area contributed by atoms with E-state index in [1.807, 2.05) is 43.4 Å². The predicted molar refractivity (Wildman–Crippen MR) is 106 cm³/mol. The van der Waals surface area contributed by atoms with E-state index in [9.17, 15) is 19.8 Å². The van der Waals surface area contributed by atoms with Gasteiger partial charge in [0, 0.05) is 24.7 Å². The first-order chi connectivity index (χ1) is 13.0. The van der Waals surface area contributed by atoms with Gasteiger partial charge in [-0.3, -0.25) is 9.59 Å². The van der Waals surface area contributed by atoms with Crippen molar-refractivity contribution in [3.05, 3.63) is 48.6 Å². The fraction of sp³-hybridized carbons (Fsp3) is 0.545. The van der Waals surface area contributed by atoms with Gasteiger partial charge in [0.25, 0.3) is 0 Å². The third kappa shape index (κ3) is 9.50. The van der Waals surface area contributed by atoms with Crippen LogP contribution in [0.25, 0.3) is 0 Å². The maximum atomic E-state index is 11.8. The predicted octanol–water partition coefficient (Wildman–Crippen LogP) is 3.58. The van der Waals surface area contributed by atoms with Gasteiger partial charge in [-0.2, -0.15) is 0 Å². The van der Waals surface area contributed by atoms with Gasteiger partial charge in [-0.15, -0.1) is 0 Å². The molecule has 0 aromatic carbocycles. The lowest BCUT2D eigenvalue weighted by molar-refractivity contribution is -0.136. The number of aliphatic carboxylic acids is 1. The van der Waals surface area contributed by atoms with Crippen molar-refractivity contribution in [2.75, 3.05) is 0 Å². The van der Waals surface area contributed by atoms with Crippen LogP contribution in [0.15, 0.2) is 48.6 Å². The highest BCUT2D eigenvalue weighted by atomic mass is 16.4. The van der Waals surface area contributed by atoms with E-state index in [0.717, 1.165) is 12.8 Å². The molecule has 0 saturated heterocycles. The molecule has 1 rings (SSSR count). The topological polar surface area (TPSA) is 94.8 Å². The molecule has 0 amide bonds. The fourth-order valence-electron chi connectivity index (χ4n) is 3.18. The van der Waals surface area contributed by atoms with Crippen molar-refractivity contribution in [3.8, 4) is 0 Å². The monoisotopic (exact) mass is 376 g/mol. The standard InChI is InChI=1S/C22H32O5/c1-2-18-19(21(25)16-20(18)24)15-14-17(23)12-10-8-6-4-3-5-7-9-11-13-22(26)27/h3-4,7-10,14-15,17-19,21,23,25H,2,5-6,11-13,16H2,1H3,(H,26,27)/b4-3-,9-7-,10-8-,15-14+/t17-,18-,19-,21-/m1/s1. The van der Waals surface area contributed by atoms with Crippen LogP contribution in [0, 0.1) is 11.8 Å². The second kappa shape index (κ2) is 13.2. The Hall–Kier alpha value is -1.98. The van der Waals surface area contributed by atoms with Crippen LogP contribution in [0.1, 0.15) is 51.9 Å². The number of carboxylic acid groups (broad SMARTS) is 1. The number of allylic oxidation sites excluding steroid dienone is 5. The summed E-state index contributed by atoms with van der Waals surface area (Å²) >= 11 is 0. The summed E-state index contributed by atoms with van der Waals surface area (Å²) in [7, 11) is 0. The Balaban J connectivity index is 2.22. The van der Waals surface area contributed by atoms with Crippen LogP contribution in [-0.4, -0.2) is 39.3 Å². The Labute approximate surface area is 161 Å². The molecule has 0 heterocycles. The molecule has 3 N–H and O–H groups in total. The summed E-state index contributed by atoms with van der Waals surface area (Å²) in [4.78, 5) is 22.1. The number of aliphatic hydroxyl groups excluding tert-OH is 2. The van der Waals surface area contributed by atoms with E-state index in [2.05, 4.69) is 0 Å². The van der Waals surface area contributed by atoms with Crippen LogP contribution in [-0.2, 0) is 9.59 Å². The second-order valence-corrected chi connectivity index (χ2v) is 6.84. The second-order valence-electron chi connectivity index (χ2n) is 6.84. The minimum Gasteiger partial charge on any atom is -0.481 e. The molecule has 1 aliphatic rings. The molecular formula is C22H32O5. The molecule has 0 unspecified atom stereocenters. The number of hydrogen-bond donors (Lipinski definition) is 3. The van der Waals surface area contributed by atoms with Crippen molar-refractivity contribution in [1.29, 1.82) is 0 Å². The van der Waals surface area contributed by atoms with Gasteiger partial charge in [0.05, 0.1) is 12.2 Å². The zero-order valence-electron chi connectivity index (χ0n) is 16.0. The van der Waals surface area contributed by atoms with Crippen molar-refractivity contribution < 1.29 is 24.9 Å². The van der Waals surface area contributed by atoms with Crippen LogP contribution in [0.3, 0.4) is 0 Å². The van der Waals surface area contributed by atoms with Crippen LogP contribution < -0.4 is 0 Å². The van der Waals surface area contributed by atoms with Gasteiger partial charge in [-0.05, 0) is 32.1 Å². The molecular weight excluding hydrogens is 344 g/mol. The molecule has 5 nitrogen and oxygen atoms in total. The van der Waals surface area contributed by atoms with E-state index in [-0.39, 0.29) is 30.5 Å². The van der Waals surface area contributed by atoms with E-state index in [4.69, 9.17) is 5.11 Å². The van der Waals surface area contributed by atoms with Gasteiger partial charge in [-0.1, -0.05) is 55.5 Å². The molecule has 0 radical (unpaired) electrons. The quantitative estimate of drug-likeness (QED) is 0.453. The average molecular weight is 376 g/mol. The SMILES string of the molecule is CC[C@H]1C(=O)C[C@@H](O)[C@@H]1/C=C/[C@H](O)C/C=C\C/C=C\C/C=C\CCC(=O)O. The summed E-state index contributed by atoms with van der Waals surface area (Å²) in [6.07, 6.45) is 17.6. The molecule has 150 valence electrons. The van der Waals surface area contributed by atoms with E-state index < -0.39 is 18.2 Å². The maximum Gasteiger partial charge on any atom is 0.303 e. The number of carbonyl (C=O) groups excluding carboxylic acids is 1. The lowest BCUT2D eigenvalue weighted by atomic mass is 9.91. The van der Waals surface area contributed by atoms with Crippen molar-refractivity contribution in [2.24, 2.45) is 11.8 Å². The van der Waals surface area contributed by atoms with Gasteiger partial charge >= 0.3 is 5.97 Å². The minimum absolute atomic E-state index is 0.109. The Bertz CT molecular complexity index is 573. The van der Waals surface area contributed by atoms with Gasteiger partial charge in [0.15, 0.2) is 0 Å². The summed E-state index contributed by atoms with van der Waals surface area (Å²) in [6.45, 7) is 1.94. The number of ketones is 1. The highest BCUT2D eigenvalue weighted by Gasteiger charge is 2.38. The Morgan fingerprint density at radius 2 is 1.78 bits per heavy atom. The van der Waals surface area contributed by atoms with Crippen LogP contribution >= 0.6 is 0 Å². The molecule has 0 aliphatic heterocycles. The Morgan fingerprint density at radius 3 is 2.41 bits per heavy atom. The van der Waals surface area contributed by atoms with Gasteiger partial charge < -0.3 is 15.3 Å². The largest absolute Gasteiger partial charge is 0.481 e. The van der Waals surface area contributed by atoms with Crippen molar-refractivity contribution >= 4 is 11.8 Å². The normalized spacial score (nSPS) is 24.9. The molecule has 27 heavy (non-hydrogen) atoms. The number of hydrogen-bond acceptors (Lipinski definition) is 4. The van der Waals surface area contributed by atoms with Crippen molar-refractivity contribution in [1.82, 2.24) is 0 Å². The summed E-state index contributed by atoms with van der Waals surface area (Å²) in [5.74, 6) is -0.997. The Morgan fingerprint density at radius 1 is 1.15 bits per heavy atom. The third-order valence-corrected chi connectivity index (χ3v) is 4.67. The summed E-state index contributed by atoms with van der Waals surface area (Å²) in [5.41, 5.74) is 0. The maximum absolute atomic E-state index is 11.8. The van der Waals surface area contributed by atoms with Crippen LogP contribution in [0.5, 0.6) is 0 Å². The molecule has 4 atom stereocenters. The molecule has 1 aliphatic carbocycles. The molecule has 5 heteroatoms. The first kappa shape index (κ1) is 23.1. The van der Waals surface area contributed by atoms with Gasteiger partial charge in [0.1, 0.15) is 5.78 Å². The molecule has 1 fully saturated rings. The van der Waals surface area contributed by atoms with E-state index in [1.165, 1.54) is 0 Å². The highest BCUT2D eigenvalue weighted by molar-refractivity contribution is 5.84.